The summed E-state index contributed by atoms with van der Waals surface area (Å²) in [5.74, 6) is -0.441. The smallest absolute Gasteiger partial charge is 0.345 e. The molecule has 3 heterocycles. The van der Waals surface area contributed by atoms with Crippen molar-refractivity contribution in [1.29, 1.82) is 0 Å². The van der Waals surface area contributed by atoms with E-state index in [1.165, 1.54) is 18.6 Å². The second-order valence-corrected chi connectivity index (χ2v) is 8.80. The van der Waals surface area contributed by atoms with Crippen LogP contribution in [0, 0.1) is 10.4 Å². The fraction of sp³-hybridized carbons (Fsp3) is 0.240. The molecule has 2 aliphatic rings. The van der Waals surface area contributed by atoms with Gasteiger partial charge in [0.15, 0.2) is 6.20 Å². The maximum atomic E-state index is 13.4. The summed E-state index contributed by atoms with van der Waals surface area (Å²) in [4.78, 5) is 16.8. The van der Waals surface area contributed by atoms with Gasteiger partial charge in [0, 0.05) is 41.9 Å². The number of hydroxylamine groups is 3. The van der Waals surface area contributed by atoms with E-state index in [4.69, 9.17) is 11.6 Å². The Kier molecular flexibility index (Phi) is 5.29. The molecule has 0 N–H and O–H groups in total. The van der Waals surface area contributed by atoms with Gasteiger partial charge in [-0.2, -0.15) is 4.73 Å². The number of hydrogen-bond acceptors (Lipinski definition) is 4. The lowest BCUT2D eigenvalue weighted by atomic mass is 9.88. The maximum Gasteiger partial charge on any atom is 0.345 e. The first-order valence-corrected chi connectivity index (χ1v) is 11.1. The van der Waals surface area contributed by atoms with E-state index in [2.05, 4.69) is 4.98 Å². The van der Waals surface area contributed by atoms with Crippen molar-refractivity contribution in [3.05, 3.63) is 110 Å². The highest BCUT2D eigenvalue weighted by atomic mass is 35.5. The molecule has 7 heteroatoms. The van der Waals surface area contributed by atoms with Crippen molar-refractivity contribution in [2.24, 2.45) is 0 Å². The molecule has 0 radical (unpaired) electrons. The molecule has 0 spiro atoms. The maximum absolute atomic E-state index is 13.4. The predicted molar refractivity (Wildman–Crippen MR) is 121 cm³/mol. The Morgan fingerprint density at radius 3 is 2.47 bits per heavy atom. The summed E-state index contributed by atoms with van der Waals surface area (Å²) in [5.41, 5.74) is 6.03. The molecule has 6 nitrogen and oxygen atoms in total. The molecule has 2 aromatic heterocycles. The van der Waals surface area contributed by atoms with Crippen molar-refractivity contribution in [2.45, 2.75) is 25.7 Å². The molecule has 1 amide bonds. The molecule has 1 aliphatic carbocycles. The number of rotatable bonds is 1. The SMILES string of the molecule is O=C(c1ccncc1)[N+]1([O-])CCC(=C2c3ccc(Cl)cc3CCc3ccc[n+]([O-])c32)CC1. The Morgan fingerprint density at radius 1 is 1.00 bits per heavy atom. The van der Waals surface area contributed by atoms with Crippen LogP contribution in [0.25, 0.3) is 5.57 Å². The van der Waals surface area contributed by atoms with Gasteiger partial charge < -0.3 is 10.4 Å². The highest BCUT2D eigenvalue weighted by molar-refractivity contribution is 6.30. The van der Waals surface area contributed by atoms with Gasteiger partial charge in [0.05, 0.1) is 24.2 Å². The molecule has 5 rings (SSSR count). The number of aryl methyl sites for hydroxylation is 2. The minimum absolute atomic E-state index is 0.143. The predicted octanol–water partition coefficient (Wildman–Crippen LogP) is 4.22. The highest BCUT2D eigenvalue weighted by Gasteiger charge is 2.36. The fourth-order valence-electron chi connectivity index (χ4n) is 4.82. The number of aromatic nitrogens is 2. The van der Waals surface area contributed by atoms with Crippen LogP contribution in [0.3, 0.4) is 0 Å². The zero-order chi connectivity index (χ0) is 22.3. The molecule has 3 aromatic rings. The number of piperidine rings is 1. The largest absolute Gasteiger partial charge is 0.625 e. The number of hydrogen-bond donors (Lipinski definition) is 0. The fourth-order valence-corrected chi connectivity index (χ4v) is 5.02. The number of amides is 1. The van der Waals surface area contributed by atoms with Crippen molar-refractivity contribution in [1.82, 2.24) is 4.98 Å². The number of pyridine rings is 2. The monoisotopic (exact) mass is 447 g/mol. The van der Waals surface area contributed by atoms with Gasteiger partial charge in [0.2, 0.25) is 5.69 Å². The molecule has 1 fully saturated rings. The van der Waals surface area contributed by atoms with E-state index in [1.807, 2.05) is 24.3 Å². The van der Waals surface area contributed by atoms with Crippen molar-refractivity contribution in [3.8, 4) is 0 Å². The van der Waals surface area contributed by atoms with Crippen LogP contribution in [0.15, 0.2) is 66.6 Å². The third-order valence-corrected chi connectivity index (χ3v) is 6.72. The zero-order valence-corrected chi connectivity index (χ0v) is 18.2. The van der Waals surface area contributed by atoms with Crippen LogP contribution in [0.1, 0.15) is 45.6 Å². The molecule has 0 saturated carbocycles. The first-order valence-electron chi connectivity index (χ1n) is 10.7. The molecule has 1 saturated heterocycles. The summed E-state index contributed by atoms with van der Waals surface area (Å²) in [6, 6.07) is 12.7. The highest BCUT2D eigenvalue weighted by Crippen LogP contribution is 2.39. The lowest BCUT2D eigenvalue weighted by Crippen LogP contribution is -2.51. The van der Waals surface area contributed by atoms with Crippen molar-refractivity contribution in [2.75, 3.05) is 13.1 Å². The van der Waals surface area contributed by atoms with Crippen molar-refractivity contribution in [3.63, 3.8) is 0 Å². The van der Waals surface area contributed by atoms with Gasteiger partial charge in [-0.25, -0.2) is 4.79 Å². The van der Waals surface area contributed by atoms with E-state index >= 15 is 0 Å². The van der Waals surface area contributed by atoms with E-state index in [0.717, 1.165) is 45.4 Å². The number of benzene rings is 1. The summed E-state index contributed by atoms with van der Waals surface area (Å²) in [6.07, 6.45) is 6.99. The molecule has 0 atom stereocenters. The van der Waals surface area contributed by atoms with Crippen LogP contribution in [-0.2, 0) is 12.8 Å². The molecule has 162 valence electrons. The minimum Gasteiger partial charge on any atom is -0.625 e. The number of halogens is 1. The quantitative estimate of drug-likeness (QED) is 0.318. The third-order valence-electron chi connectivity index (χ3n) is 6.48. The summed E-state index contributed by atoms with van der Waals surface area (Å²) in [5, 5.41) is 26.9. The Bertz CT molecular complexity index is 1230. The number of likely N-dealkylation sites (tertiary alicyclic amines) is 1. The van der Waals surface area contributed by atoms with Crippen LogP contribution < -0.4 is 4.73 Å². The van der Waals surface area contributed by atoms with Crippen LogP contribution in [0.2, 0.25) is 5.02 Å². The molecular weight excluding hydrogens is 426 g/mol. The van der Waals surface area contributed by atoms with Crippen molar-refractivity contribution >= 4 is 23.1 Å². The second-order valence-electron chi connectivity index (χ2n) is 8.37. The third kappa shape index (κ3) is 3.60. The van der Waals surface area contributed by atoms with E-state index in [0.29, 0.717) is 29.1 Å². The topological polar surface area (TPSA) is 80.0 Å². The van der Waals surface area contributed by atoms with E-state index in [9.17, 15) is 15.2 Å². The van der Waals surface area contributed by atoms with Gasteiger partial charge in [0.1, 0.15) is 0 Å². The molecule has 32 heavy (non-hydrogen) atoms. The number of carbonyl (C=O) groups excluding carboxylic acids is 1. The van der Waals surface area contributed by atoms with Gasteiger partial charge in [-0.3, -0.25) is 9.63 Å². The molecular formula is C25H22ClN3O3. The van der Waals surface area contributed by atoms with Crippen LogP contribution >= 0.6 is 11.6 Å². The van der Waals surface area contributed by atoms with Gasteiger partial charge in [-0.1, -0.05) is 17.7 Å². The van der Waals surface area contributed by atoms with Crippen LogP contribution in [0.4, 0.5) is 0 Å². The number of carbonyl (C=O) groups is 1. The number of fused-ring (bicyclic) bond motifs is 2. The summed E-state index contributed by atoms with van der Waals surface area (Å²) < 4.78 is 0.0324. The molecule has 1 aliphatic heterocycles. The standard InChI is InChI=1S/C25H22ClN3O3/c26-21-5-6-22-20(16-21)4-3-18-2-1-13-28(31)24(18)23(22)17-9-14-29(32,15-10-17)25(30)19-7-11-27-12-8-19/h1-2,5-8,11-13,16H,3-4,9-10,14-15H2. The first kappa shape index (κ1) is 20.8. The average molecular weight is 448 g/mol. The van der Waals surface area contributed by atoms with Gasteiger partial charge in [-0.05, 0) is 59.9 Å². The zero-order valence-electron chi connectivity index (χ0n) is 17.5. The molecule has 0 unspecified atom stereocenters. The normalized spacial score (nSPS) is 20.3. The molecule has 1 aromatic carbocycles. The molecule has 0 bridgehead atoms. The van der Waals surface area contributed by atoms with E-state index in [-0.39, 0.29) is 13.1 Å². The van der Waals surface area contributed by atoms with E-state index < -0.39 is 10.6 Å². The number of nitrogens with zero attached hydrogens (tertiary/aromatic N) is 3. The Balaban J connectivity index is 1.58. The van der Waals surface area contributed by atoms with E-state index in [1.54, 1.807) is 18.2 Å². The van der Waals surface area contributed by atoms with Gasteiger partial charge in [-0.15, -0.1) is 0 Å². The Hall–Kier alpha value is -3.06. The first-order chi connectivity index (χ1) is 15.5. The minimum atomic E-state index is -0.896. The average Bonchev–Trinajstić information content (AvgIpc) is 2.97. The van der Waals surface area contributed by atoms with Crippen molar-refractivity contribution < 1.29 is 14.2 Å². The lowest BCUT2D eigenvalue weighted by Gasteiger charge is -2.43. The van der Waals surface area contributed by atoms with Gasteiger partial charge >= 0.3 is 5.91 Å². The lowest BCUT2D eigenvalue weighted by molar-refractivity contribution is -0.801. The van der Waals surface area contributed by atoms with Crippen LogP contribution in [-0.4, -0.2) is 28.6 Å². The Morgan fingerprint density at radius 2 is 1.72 bits per heavy atom. The number of quaternary nitrogens is 1. The summed E-state index contributed by atoms with van der Waals surface area (Å²) >= 11 is 6.27. The summed E-state index contributed by atoms with van der Waals surface area (Å²) in [7, 11) is 0. The van der Waals surface area contributed by atoms with Gasteiger partial charge in [0.25, 0.3) is 0 Å². The Labute approximate surface area is 191 Å². The summed E-state index contributed by atoms with van der Waals surface area (Å²) in [6.45, 7) is 0.286. The second kappa shape index (κ2) is 8.13. The van der Waals surface area contributed by atoms with Crippen LogP contribution in [0.5, 0.6) is 0 Å².